The second-order valence-corrected chi connectivity index (χ2v) is 19.5. The van der Waals surface area contributed by atoms with Crippen LogP contribution in [-0.2, 0) is 49.3 Å². The maximum Gasteiger partial charge on any atom is 0.410 e. The quantitative estimate of drug-likeness (QED) is 0.0409. The Kier molecular flexibility index (Phi) is 16.8. The summed E-state index contributed by atoms with van der Waals surface area (Å²) in [5.74, 6) is -6.09. The Morgan fingerprint density at radius 3 is 2.30 bits per heavy atom. The predicted molar refractivity (Wildman–Crippen MR) is 251 cm³/mol. The monoisotopic (exact) mass is 960 g/mol. The highest BCUT2D eigenvalue weighted by molar-refractivity contribution is 6.00. The van der Waals surface area contributed by atoms with Gasteiger partial charge in [0.25, 0.3) is 5.69 Å². The first kappa shape index (κ1) is 52.7. The van der Waals surface area contributed by atoms with Crippen molar-refractivity contribution in [2.24, 2.45) is 23.7 Å². The van der Waals surface area contributed by atoms with Crippen molar-refractivity contribution in [1.82, 2.24) is 24.8 Å². The molecule has 0 aliphatic carbocycles. The van der Waals surface area contributed by atoms with Gasteiger partial charge in [0.15, 0.2) is 23.8 Å². The maximum atomic E-state index is 15.0. The van der Waals surface area contributed by atoms with Crippen molar-refractivity contribution in [3.8, 4) is 11.3 Å². The number of Topliss-reactive ketones (excluding diaryl/α,β-unsaturated/α-hetero) is 2. The molecule has 0 spiro atoms. The Bertz CT molecular complexity index is 2330. The summed E-state index contributed by atoms with van der Waals surface area (Å²) in [7, 11) is 5.21. The molecule has 19 heteroatoms. The second kappa shape index (κ2) is 22.0. The summed E-state index contributed by atoms with van der Waals surface area (Å²) in [5, 5.41) is 19.7. The van der Waals surface area contributed by atoms with Crippen LogP contribution in [0.2, 0.25) is 0 Å². The summed E-state index contributed by atoms with van der Waals surface area (Å²) in [6.07, 6.45) is -1.94. The van der Waals surface area contributed by atoms with Gasteiger partial charge < -0.3 is 38.2 Å². The predicted octanol–water partition coefficient (Wildman–Crippen LogP) is 6.70. The number of aromatic nitrogens is 3. The molecule has 3 fully saturated rings. The molecule has 2 aromatic carbocycles. The number of benzene rings is 2. The van der Waals surface area contributed by atoms with Crippen LogP contribution in [-0.4, -0.2) is 141 Å². The number of nitro benzene ring substituents is 1. The zero-order valence-corrected chi connectivity index (χ0v) is 41.6. The van der Waals surface area contributed by atoms with Crippen molar-refractivity contribution < 1.29 is 57.3 Å². The number of esters is 2. The van der Waals surface area contributed by atoms with Crippen LogP contribution < -0.4 is 0 Å². The molecule has 69 heavy (non-hydrogen) atoms. The lowest BCUT2D eigenvalue weighted by Crippen LogP contribution is -2.61. The molecule has 3 aliphatic rings. The van der Waals surface area contributed by atoms with Gasteiger partial charge in [-0.15, -0.1) is 5.10 Å². The van der Waals surface area contributed by atoms with Crippen molar-refractivity contribution in [3.05, 3.63) is 76.5 Å². The molecule has 3 aromatic rings. The molecular weight excluding hydrogens is 893 g/mol. The molecule has 3 saturated heterocycles. The van der Waals surface area contributed by atoms with Gasteiger partial charge in [-0.2, -0.15) is 0 Å². The maximum absolute atomic E-state index is 15.0. The Morgan fingerprint density at radius 1 is 0.957 bits per heavy atom. The fourth-order valence-corrected chi connectivity index (χ4v) is 10.5. The number of nitrogens with zero attached hydrogens (tertiary/aromatic N) is 6. The SMILES string of the molecule is CC[C@H]1OC(=O)[C@H](C)C(=O)[C@H](C)[C@@H](O[C@@H]2O[C@H](C)C[C@H](N(C)C)[C@H]2OC(=O)c2ccccc2)[C@@](C)(OC)C[C@@H](C)C(=O)[C@H](C)C2N(CCCCn3cc(-c4cccc([N+](=O)[O-])c4)nn3)C(=O)O[C@@]21C. The van der Waals surface area contributed by atoms with Crippen LogP contribution in [0.1, 0.15) is 97.9 Å². The number of hydrogen-bond acceptors (Lipinski definition) is 16. The van der Waals surface area contributed by atoms with Crippen LogP contribution in [0.15, 0.2) is 60.8 Å². The summed E-state index contributed by atoms with van der Waals surface area (Å²) < 4.78 is 39.8. The van der Waals surface area contributed by atoms with E-state index in [2.05, 4.69) is 10.3 Å². The second-order valence-electron chi connectivity index (χ2n) is 19.5. The summed E-state index contributed by atoms with van der Waals surface area (Å²) in [6.45, 7) is 14.3. The lowest BCUT2D eigenvalue weighted by atomic mass is 9.73. The standard InChI is InChI=1S/C50H68N6O13/c1-12-39-50(8)43(55(48(61)69-50)24-17-16-23-54-28-37(51-52-54)35-21-18-22-36(26-35)56(62)63)31(4)40(57)29(2)27-49(7,64-11)44(32(5)41(58)33(6)45(59)66-39)68-47-42(38(53(9)10)25-30(3)65-47)67-46(60)34-19-14-13-15-20-34/h13-15,18-22,26,28-33,38-39,42-44,47H,12,16-17,23-25,27H2,1-11H3/t29-,30-,31+,32+,33-,38+,39-,42-,43?,44-,47+,49+,50-/m1/s1. The third-order valence-electron chi connectivity index (χ3n) is 14.3. The molecule has 376 valence electrons. The van der Waals surface area contributed by atoms with Gasteiger partial charge in [-0.3, -0.25) is 29.2 Å². The summed E-state index contributed by atoms with van der Waals surface area (Å²) >= 11 is 0. The van der Waals surface area contributed by atoms with Gasteiger partial charge in [-0.25, -0.2) is 9.59 Å². The van der Waals surface area contributed by atoms with Crippen LogP contribution in [0.3, 0.4) is 0 Å². The molecule has 3 aliphatic heterocycles. The van der Waals surface area contributed by atoms with Crippen molar-refractivity contribution in [2.45, 2.75) is 148 Å². The number of ketones is 2. The molecule has 0 saturated carbocycles. The number of likely N-dealkylation sites (N-methyl/N-ethyl adjacent to an activating group) is 1. The average molecular weight is 961 g/mol. The van der Waals surface area contributed by atoms with E-state index >= 15 is 0 Å². The van der Waals surface area contributed by atoms with Gasteiger partial charge in [0.2, 0.25) is 0 Å². The number of fused-ring (bicyclic) bond motifs is 1. The molecule has 1 unspecified atom stereocenters. The number of amides is 1. The number of rotatable bonds is 14. The Labute approximate surface area is 403 Å². The Morgan fingerprint density at radius 2 is 1.65 bits per heavy atom. The molecule has 0 N–H and O–H groups in total. The van der Waals surface area contributed by atoms with Gasteiger partial charge in [0.05, 0.1) is 46.6 Å². The molecule has 13 atom stereocenters. The van der Waals surface area contributed by atoms with Gasteiger partial charge in [0.1, 0.15) is 23.5 Å². The number of unbranched alkanes of at least 4 members (excludes halogenated alkanes) is 1. The molecule has 0 bridgehead atoms. The third kappa shape index (κ3) is 11.4. The van der Waals surface area contributed by atoms with E-state index in [0.717, 1.165) is 0 Å². The van der Waals surface area contributed by atoms with Crippen LogP contribution in [0.4, 0.5) is 10.5 Å². The molecule has 19 nitrogen and oxygen atoms in total. The van der Waals surface area contributed by atoms with E-state index in [1.165, 1.54) is 31.1 Å². The van der Waals surface area contributed by atoms with E-state index in [1.807, 2.05) is 25.9 Å². The number of carbonyl (C=O) groups excluding carboxylic acids is 5. The number of aryl methyl sites for hydroxylation is 1. The van der Waals surface area contributed by atoms with E-state index in [9.17, 15) is 34.1 Å². The van der Waals surface area contributed by atoms with Gasteiger partial charge >= 0.3 is 18.0 Å². The minimum absolute atomic E-state index is 0.0489. The molecule has 0 radical (unpaired) electrons. The Balaban J connectivity index is 1.28. The molecule has 1 amide bonds. The van der Waals surface area contributed by atoms with Crippen molar-refractivity contribution in [2.75, 3.05) is 27.7 Å². The molecule has 6 rings (SSSR count). The minimum atomic E-state index is -1.49. The van der Waals surface area contributed by atoms with Gasteiger partial charge in [-0.05, 0) is 86.0 Å². The first-order valence-electron chi connectivity index (χ1n) is 23.8. The van der Waals surface area contributed by atoms with Gasteiger partial charge in [-0.1, -0.05) is 63.2 Å². The highest BCUT2D eigenvalue weighted by Crippen LogP contribution is 2.43. The fourth-order valence-electron chi connectivity index (χ4n) is 10.5. The van der Waals surface area contributed by atoms with Crippen molar-refractivity contribution >= 4 is 35.3 Å². The van der Waals surface area contributed by atoms with E-state index in [1.54, 1.807) is 94.9 Å². The summed E-state index contributed by atoms with van der Waals surface area (Å²) in [6, 6.07) is 13.4. The number of nitro groups is 1. The number of hydrogen-bond donors (Lipinski definition) is 0. The van der Waals surface area contributed by atoms with E-state index in [-0.39, 0.29) is 43.0 Å². The highest BCUT2D eigenvalue weighted by Gasteiger charge is 2.60. The van der Waals surface area contributed by atoms with Crippen molar-refractivity contribution in [3.63, 3.8) is 0 Å². The molecular formula is C50H68N6O13. The number of methoxy groups -OCH3 is 1. The van der Waals surface area contributed by atoms with Gasteiger partial charge in [0, 0.05) is 55.6 Å². The van der Waals surface area contributed by atoms with E-state index < -0.39 is 94.3 Å². The zero-order valence-electron chi connectivity index (χ0n) is 41.6. The number of ether oxygens (including phenoxy) is 6. The van der Waals surface area contributed by atoms with E-state index in [4.69, 9.17) is 28.4 Å². The lowest BCUT2D eigenvalue weighted by molar-refractivity contribution is -0.384. The number of non-ortho nitro benzene ring substituents is 1. The first-order chi connectivity index (χ1) is 32.6. The van der Waals surface area contributed by atoms with E-state index in [0.29, 0.717) is 42.6 Å². The average Bonchev–Trinajstić information content (AvgIpc) is 3.91. The smallest absolute Gasteiger partial charge is 0.410 e. The first-order valence-corrected chi connectivity index (χ1v) is 23.8. The third-order valence-corrected chi connectivity index (χ3v) is 14.3. The lowest BCUT2D eigenvalue weighted by Gasteiger charge is -2.47. The van der Waals surface area contributed by atoms with Crippen molar-refractivity contribution in [1.29, 1.82) is 0 Å². The minimum Gasteiger partial charge on any atom is -0.458 e. The Hall–Kier alpha value is -5.63. The van der Waals surface area contributed by atoms with Crippen LogP contribution in [0.25, 0.3) is 11.3 Å². The molecule has 4 heterocycles. The zero-order chi connectivity index (χ0) is 50.5. The highest BCUT2D eigenvalue weighted by atomic mass is 16.7. The summed E-state index contributed by atoms with van der Waals surface area (Å²) in [4.78, 5) is 85.8. The largest absolute Gasteiger partial charge is 0.458 e. The molecule has 1 aromatic heterocycles. The normalized spacial score (nSPS) is 32.5. The summed E-state index contributed by atoms with van der Waals surface area (Å²) in [5.41, 5.74) is -1.58. The van der Waals surface area contributed by atoms with Crippen LogP contribution in [0.5, 0.6) is 0 Å². The number of cyclic esters (lactones) is 1. The van der Waals surface area contributed by atoms with Crippen LogP contribution in [0, 0.1) is 33.8 Å². The van der Waals surface area contributed by atoms with Crippen LogP contribution >= 0.6 is 0 Å². The topological polar surface area (TPSA) is 221 Å². The fraction of sp³-hybridized carbons (Fsp3) is 0.620. The number of carbonyl (C=O) groups is 5.